The number of fused-ring (bicyclic) bond motifs is 3. The molecule has 3 nitrogen and oxygen atoms in total. The summed E-state index contributed by atoms with van der Waals surface area (Å²) in [6.07, 6.45) is 1.20. The Kier molecular flexibility index (Phi) is 2.65. The third-order valence-corrected chi connectivity index (χ3v) is 4.45. The van der Waals surface area contributed by atoms with Gasteiger partial charge in [-0.25, -0.2) is 4.98 Å². The number of aliphatic hydroxyl groups is 1. The Balaban J connectivity index is 1.85. The van der Waals surface area contributed by atoms with Crippen LogP contribution in [0.5, 0.6) is 0 Å². The maximum Gasteiger partial charge on any atom is 0.176 e. The number of aromatic nitrogens is 2. The molecule has 0 unspecified atom stereocenters. The maximum atomic E-state index is 10.4. The van der Waals surface area contributed by atoms with E-state index >= 15 is 0 Å². The smallest absolute Gasteiger partial charge is 0.176 e. The van der Waals surface area contributed by atoms with Crippen LogP contribution in [0.25, 0.3) is 15.9 Å². The fraction of sp³-hybridized carbons (Fsp3) is 0.0625. The molecule has 1 aromatic heterocycles. The van der Waals surface area contributed by atoms with Crippen molar-refractivity contribution in [3.05, 3.63) is 66.2 Å². The maximum absolute atomic E-state index is 10.4. The number of thioether (sulfide) groups is 1. The van der Waals surface area contributed by atoms with E-state index in [1.54, 1.807) is 11.8 Å². The summed E-state index contributed by atoms with van der Waals surface area (Å²) in [5.74, 6) is 0. The second kappa shape index (κ2) is 4.51. The number of imidazole rings is 1. The van der Waals surface area contributed by atoms with Crippen molar-refractivity contribution in [2.24, 2.45) is 0 Å². The molecule has 0 bridgehead atoms. The monoisotopic (exact) mass is 280 g/mol. The average molecular weight is 280 g/mol. The molecule has 0 saturated heterocycles. The molecule has 1 N–H and O–H groups in total. The molecule has 2 aromatic carbocycles. The summed E-state index contributed by atoms with van der Waals surface area (Å²) in [7, 11) is 0. The molecular weight excluding hydrogens is 268 g/mol. The molecule has 20 heavy (non-hydrogen) atoms. The molecule has 2 heterocycles. The molecular formula is C16H12N2OS. The second-order valence-corrected chi connectivity index (χ2v) is 5.67. The van der Waals surface area contributed by atoms with Crippen molar-refractivity contribution in [3.63, 3.8) is 0 Å². The van der Waals surface area contributed by atoms with E-state index < -0.39 is 6.23 Å². The van der Waals surface area contributed by atoms with Gasteiger partial charge in [0, 0.05) is 4.91 Å². The van der Waals surface area contributed by atoms with Crippen LogP contribution in [0.15, 0.2) is 65.8 Å². The van der Waals surface area contributed by atoms with Crippen LogP contribution in [0.4, 0.5) is 0 Å². The van der Waals surface area contributed by atoms with Gasteiger partial charge in [-0.2, -0.15) is 0 Å². The van der Waals surface area contributed by atoms with Crippen molar-refractivity contribution in [2.45, 2.75) is 11.4 Å². The van der Waals surface area contributed by atoms with E-state index in [0.717, 1.165) is 26.7 Å². The molecule has 1 aliphatic rings. The van der Waals surface area contributed by atoms with Crippen molar-refractivity contribution < 1.29 is 5.11 Å². The summed E-state index contributed by atoms with van der Waals surface area (Å²) in [5, 5.41) is 11.2. The van der Waals surface area contributed by atoms with E-state index in [1.165, 1.54) is 0 Å². The first-order valence-electron chi connectivity index (χ1n) is 6.43. The standard InChI is InChI=1S/C16H12N2OS/c19-15-10-14(11-6-2-1-3-7-11)20-16-17-12-8-4-5-9-13(12)18(15)16/h1-10,15,19H/t15-/m0/s1. The van der Waals surface area contributed by atoms with Crippen LogP contribution in [0.3, 0.4) is 0 Å². The van der Waals surface area contributed by atoms with Crippen LogP contribution in [0.1, 0.15) is 11.8 Å². The predicted molar refractivity (Wildman–Crippen MR) is 81.3 cm³/mol. The number of para-hydroxylation sites is 2. The van der Waals surface area contributed by atoms with Crippen LogP contribution >= 0.6 is 11.8 Å². The molecule has 0 fully saturated rings. The highest BCUT2D eigenvalue weighted by molar-refractivity contribution is 8.08. The van der Waals surface area contributed by atoms with Crippen LogP contribution in [0, 0.1) is 0 Å². The summed E-state index contributed by atoms with van der Waals surface area (Å²) < 4.78 is 1.87. The van der Waals surface area contributed by atoms with E-state index in [2.05, 4.69) is 4.98 Å². The van der Waals surface area contributed by atoms with Gasteiger partial charge < -0.3 is 5.11 Å². The number of benzene rings is 2. The Morgan fingerprint density at radius 3 is 2.60 bits per heavy atom. The number of rotatable bonds is 1. The molecule has 0 radical (unpaired) electrons. The lowest BCUT2D eigenvalue weighted by molar-refractivity contribution is 0.149. The van der Waals surface area contributed by atoms with Crippen LogP contribution in [-0.2, 0) is 0 Å². The predicted octanol–water partition coefficient (Wildman–Crippen LogP) is 3.67. The first-order valence-corrected chi connectivity index (χ1v) is 7.25. The first-order chi connectivity index (χ1) is 9.83. The third-order valence-electron chi connectivity index (χ3n) is 3.39. The molecule has 1 atom stereocenters. The number of hydrogen-bond donors (Lipinski definition) is 1. The molecule has 98 valence electrons. The van der Waals surface area contributed by atoms with Gasteiger partial charge in [0.1, 0.15) is 0 Å². The van der Waals surface area contributed by atoms with Crippen LogP contribution in [0.2, 0.25) is 0 Å². The summed E-state index contributed by atoms with van der Waals surface area (Å²) in [6, 6.07) is 18.0. The molecule has 3 aromatic rings. The number of aliphatic hydroxyl groups excluding tert-OH is 1. The second-order valence-electron chi connectivity index (χ2n) is 4.67. The van der Waals surface area contributed by atoms with Gasteiger partial charge in [0.05, 0.1) is 11.0 Å². The minimum absolute atomic E-state index is 0.672. The Morgan fingerprint density at radius 1 is 1.00 bits per heavy atom. The van der Waals surface area contributed by atoms with Gasteiger partial charge in [-0.1, -0.05) is 54.2 Å². The quantitative estimate of drug-likeness (QED) is 0.739. The fourth-order valence-electron chi connectivity index (χ4n) is 2.45. The highest BCUT2D eigenvalue weighted by Crippen LogP contribution is 2.41. The van der Waals surface area contributed by atoms with Crippen molar-refractivity contribution in [1.29, 1.82) is 0 Å². The Labute approximate surface area is 120 Å². The van der Waals surface area contributed by atoms with Crippen molar-refractivity contribution >= 4 is 27.7 Å². The van der Waals surface area contributed by atoms with E-state index in [9.17, 15) is 5.11 Å². The largest absolute Gasteiger partial charge is 0.369 e. The van der Waals surface area contributed by atoms with Gasteiger partial charge in [0.2, 0.25) is 0 Å². The van der Waals surface area contributed by atoms with Gasteiger partial charge in [-0.15, -0.1) is 0 Å². The SMILES string of the molecule is O[C@H]1C=C(c2ccccc2)Sc2nc3ccccc3n21. The molecule has 4 rings (SSSR count). The van der Waals surface area contributed by atoms with E-state index in [1.807, 2.05) is 65.2 Å². The molecule has 4 heteroatoms. The van der Waals surface area contributed by atoms with Crippen LogP contribution in [-0.4, -0.2) is 14.7 Å². The van der Waals surface area contributed by atoms with E-state index in [4.69, 9.17) is 0 Å². The lowest BCUT2D eigenvalue weighted by Gasteiger charge is -2.20. The van der Waals surface area contributed by atoms with E-state index in [-0.39, 0.29) is 0 Å². The molecule has 0 amide bonds. The number of nitrogens with zero attached hydrogens (tertiary/aromatic N) is 2. The fourth-order valence-corrected chi connectivity index (χ4v) is 3.54. The number of hydrogen-bond acceptors (Lipinski definition) is 3. The Morgan fingerprint density at radius 2 is 1.75 bits per heavy atom. The zero-order valence-electron chi connectivity index (χ0n) is 10.6. The minimum Gasteiger partial charge on any atom is -0.369 e. The average Bonchev–Trinajstić information content (AvgIpc) is 2.87. The van der Waals surface area contributed by atoms with Gasteiger partial charge in [0.25, 0.3) is 0 Å². The molecule has 1 aliphatic heterocycles. The zero-order valence-corrected chi connectivity index (χ0v) is 11.4. The van der Waals surface area contributed by atoms with Gasteiger partial charge in [0.15, 0.2) is 11.4 Å². The zero-order chi connectivity index (χ0) is 13.5. The first kappa shape index (κ1) is 11.8. The summed E-state index contributed by atoms with van der Waals surface area (Å²) >= 11 is 1.59. The highest BCUT2D eigenvalue weighted by Gasteiger charge is 2.23. The van der Waals surface area contributed by atoms with Crippen molar-refractivity contribution in [1.82, 2.24) is 9.55 Å². The van der Waals surface area contributed by atoms with Crippen molar-refractivity contribution in [2.75, 3.05) is 0 Å². The minimum atomic E-state index is -0.672. The molecule has 0 aliphatic carbocycles. The van der Waals surface area contributed by atoms with Crippen molar-refractivity contribution in [3.8, 4) is 0 Å². The van der Waals surface area contributed by atoms with Gasteiger partial charge in [-0.05, 0) is 23.8 Å². The van der Waals surface area contributed by atoms with E-state index in [0.29, 0.717) is 0 Å². The van der Waals surface area contributed by atoms with Gasteiger partial charge in [-0.3, -0.25) is 4.57 Å². The molecule has 0 spiro atoms. The lowest BCUT2D eigenvalue weighted by atomic mass is 10.2. The third kappa shape index (κ3) is 1.77. The summed E-state index contributed by atoms with van der Waals surface area (Å²) in [6.45, 7) is 0. The summed E-state index contributed by atoms with van der Waals surface area (Å²) in [5.41, 5.74) is 2.98. The Hall–Kier alpha value is -2.04. The normalized spacial score (nSPS) is 17.9. The highest BCUT2D eigenvalue weighted by atomic mass is 32.2. The Bertz CT molecular complexity index is 808. The topological polar surface area (TPSA) is 38.1 Å². The summed E-state index contributed by atoms with van der Waals surface area (Å²) in [4.78, 5) is 5.65. The van der Waals surface area contributed by atoms with Crippen LogP contribution < -0.4 is 0 Å². The molecule has 0 saturated carbocycles. The van der Waals surface area contributed by atoms with Gasteiger partial charge >= 0.3 is 0 Å². The lowest BCUT2D eigenvalue weighted by Crippen LogP contribution is -2.10.